The summed E-state index contributed by atoms with van der Waals surface area (Å²) >= 11 is 0. The van der Waals surface area contributed by atoms with Crippen molar-refractivity contribution in [3.63, 3.8) is 0 Å². The number of hydrogen-bond acceptors (Lipinski definition) is 2. The highest BCUT2D eigenvalue weighted by molar-refractivity contribution is 5.79. The number of nitrogens with zero attached hydrogens (tertiary/aromatic N) is 3. The van der Waals surface area contributed by atoms with E-state index in [-0.39, 0.29) is 0 Å². The van der Waals surface area contributed by atoms with Gasteiger partial charge in [-0.3, -0.25) is 4.99 Å². The van der Waals surface area contributed by atoms with Crippen LogP contribution in [0.15, 0.2) is 60.4 Å². The van der Waals surface area contributed by atoms with Gasteiger partial charge < -0.3 is 15.2 Å². The fourth-order valence-corrected chi connectivity index (χ4v) is 2.27. The zero-order valence-corrected chi connectivity index (χ0v) is 13.7. The fourth-order valence-electron chi connectivity index (χ4n) is 2.27. The zero-order chi connectivity index (χ0) is 16.3. The number of imidazole rings is 1. The normalized spacial score (nSPS) is 11.3. The number of rotatable bonds is 8. The van der Waals surface area contributed by atoms with Crippen molar-refractivity contribution in [1.82, 2.24) is 20.2 Å². The van der Waals surface area contributed by atoms with E-state index in [1.54, 1.807) is 0 Å². The summed E-state index contributed by atoms with van der Waals surface area (Å²) in [7, 11) is 0. The van der Waals surface area contributed by atoms with Gasteiger partial charge in [-0.2, -0.15) is 0 Å². The maximum atomic E-state index is 4.57. The van der Waals surface area contributed by atoms with Gasteiger partial charge in [-0.1, -0.05) is 36.4 Å². The number of hydrogen-bond donors (Lipinski definition) is 2. The van der Waals surface area contributed by atoms with E-state index in [1.165, 1.54) is 5.56 Å². The van der Waals surface area contributed by atoms with Crippen molar-refractivity contribution in [3.8, 4) is 0 Å². The van der Waals surface area contributed by atoms with Crippen molar-refractivity contribution in [2.75, 3.05) is 19.6 Å². The zero-order valence-electron chi connectivity index (χ0n) is 13.7. The Balaban J connectivity index is 1.93. The molecule has 0 saturated carbocycles. The first-order valence-electron chi connectivity index (χ1n) is 8.00. The van der Waals surface area contributed by atoms with Crippen LogP contribution in [0.1, 0.15) is 18.3 Å². The third kappa shape index (κ3) is 5.62. The molecule has 0 saturated heterocycles. The van der Waals surface area contributed by atoms with Crippen LogP contribution in [0.25, 0.3) is 0 Å². The summed E-state index contributed by atoms with van der Waals surface area (Å²) in [6.45, 7) is 8.84. The third-order valence-electron chi connectivity index (χ3n) is 3.36. The lowest BCUT2D eigenvalue weighted by atomic mass is 10.2. The smallest absolute Gasteiger partial charge is 0.191 e. The first kappa shape index (κ1) is 16.8. The first-order valence-corrected chi connectivity index (χ1v) is 8.00. The molecule has 0 aliphatic rings. The van der Waals surface area contributed by atoms with Crippen LogP contribution in [0.5, 0.6) is 0 Å². The summed E-state index contributed by atoms with van der Waals surface area (Å²) in [4.78, 5) is 9.02. The molecule has 1 aromatic heterocycles. The second-order valence-electron chi connectivity index (χ2n) is 5.14. The Morgan fingerprint density at radius 1 is 1.30 bits per heavy atom. The van der Waals surface area contributed by atoms with Gasteiger partial charge in [-0.15, -0.1) is 6.58 Å². The summed E-state index contributed by atoms with van der Waals surface area (Å²) < 4.78 is 2.18. The molecule has 0 fully saturated rings. The molecule has 5 nitrogen and oxygen atoms in total. The highest BCUT2D eigenvalue weighted by atomic mass is 15.2. The van der Waals surface area contributed by atoms with Crippen molar-refractivity contribution in [2.24, 2.45) is 4.99 Å². The monoisotopic (exact) mass is 311 g/mol. The standard InChI is InChI=1S/C18H25N5/c1-3-11-21-18(19-4-2)22-12-10-17-20-13-14-23(17)15-16-8-6-5-7-9-16/h3,5-9,13-14H,1,4,10-12,15H2,2H3,(H2,19,21,22). The van der Waals surface area contributed by atoms with Crippen LogP contribution in [0.4, 0.5) is 0 Å². The maximum Gasteiger partial charge on any atom is 0.191 e. The molecule has 2 rings (SSSR count). The molecule has 0 unspecified atom stereocenters. The van der Waals surface area contributed by atoms with Gasteiger partial charge in [-0.05, 0) is 12.5 Å². The first-order chi connectivity index (χ1) is 11.3. The molecule has 2 N–H and O–H groups in total. The Morgan fingerprint density at radius 2 is 2.13 bits per heavy atom. The quantitative estimate of drug-likeness (QED) is 0.446. The van der Waals surface area contributed by atoms with Crippen LogP contribution in [0, 0.1) is 0 Å². The SMILES string of the molecule is C=CCNC(=NCCc1nccn1Cc1ccccc1)NCC. The highest BCUT2D eigenvalue weighted by Crippen LogP contribution is 2.06. The predicted octanol–water partition coefficient (Wildman–Crippen LogP) is 2.21. The summed E-state index contributed by atoms with van der Waals surface area (Å²) in [5, 5.41) is 6.41. The van der Waals surface area contributed by atoms with E-state index >= 15 is 0 Å². The van der Waals surface area contributed by atoms with Crippen molar-refractivity contribution >= 4 is 5.96 Å². The van der Waals surface area contributed by atoms with Crippen LogP contribution in [-0.4, -0.2) is 35.1 Å². The molecule has 0 aliphatic carbocycles. The third-order valence-corrected chi connectivity index (χ3v) is 3.36. The van der Waals surface area contributed by atoms with Crippen LogP contribution in [0.2, 0.25) is 0 Å². The molecule has 0 bridgehead atoms. The fraction of sp³-hybridized carbons (Fsp3) is 0.333. The van der Waals surface area contributed by atoms with Gasteiger partial charge in [0.25, 0.3) is 0 Å². The van der Waals surface area contributed by atoms with Crippen molar-refractivity contribution < 1.29 is 0 Å². The molecule has 1 heterocycles. The molecular formula is C18H25N5. The van der Waals surface area contributed by atoms with E-state index in [9.17, 15) is 0 Å². The molecule has 23 heavy (non-hydrogen) atoms. The number of benzene rings is 1. The Morgan fingerprint density at radius 3 is 2.87 bits per heavy atom. The average Bonchev–Trinajstić information content (AvgIpc) is 3.00. The molecule has 0 spiro atoms. The molecule has 2 aromatic rings. The minimum absolute atomic E-state index is 0.693. The number of guanidine groups is 1. The lowest BCUT2D eigenvalue weighted by Gasteiger charge is -2.10. The molecule has 0 aliphatic heterocycles. The topological polar surface area (TPSA) is 54.2 Å². The Kier molecular flexibility index (Phi) is 6.91. The van der Waals surface area contributed by atoms with E-state index in [4.69, 9.17) is 0 Å². The van der Waals surface area contributed by atoms with Crippen LogP contribution < -0.4 is 10.6 Å². The average molecular weight is 311 g/mol. The highest BCUT2D eigenvalue weighted by Gasteiger charge is 2.03. The molecule has 0 amide bonds. The molecule has 0 atom stereocenters. The number of aromatic nitrogens is 2. The van der Waals surface area contributed by atoms with Gasteiger partial charge in [0.15, 0.2) is 5.96 Å². The second kappa shape index (κ2) is 9.46. The minimum atomic E-state index is 0.693. The van der Waals surface area contributed by atoms with E-state index < -0.39 is 0 Å². The van der Waals surface area contributed by atoms with Gasteiger partial charge in [0.1, 0.15) is 5.82 Å². The van der Waals surface area contributed by atoms with Crippen LogP contribution in [-0.2, 0) is 13.0 Å². The predicted molar refractivity (Wildman–Crippen MR) is 95.7 cm³/mol. The van der Waals surface area contributed by atoms with Gasteiger partial charge in [0, 0.05) is 45.0 Å². The van der Waals surface area contributed by atoms with Crippen LogP contribution in [0.3, 0.4) is 0 Å². The summed E-state index contributed by atoms with van der Waals surface area (Å²) in [5.74, 6) is 1.87. The van der Waals surface area contributed by atoms with Crippen molar-refractivity contribution in [3.05, 3.63) is 66.8 Å². The summed E-state index contributed by atoms with van der Waals surface area (Å²) in [5.41, 5.74) is 1.27. The Hall–Kier alpha value is -2.56. The minimum Gasteiger partial charge on any atom is -0.357 e. The lowest BCUT2D eigenvalue weighted by molar-refractivity contribution is 0.714. The molecule has 5 heteroatoms. The van der Waals surface area contributed by atoms with Gasteiger partial charge in [0.2, 0.25) is 0 Å². The molecule has 122 valence electrons. The molecule has 1 aromatic carbocycles. The van der Waals surface area contributed by atoms with E-state index in [2.05, 4.69) is 62.9 Å². The Bertz CT molecular complexity index is 615. The second-order valence-corrected chi connectivity index (χ2v) is 5.14. The van der Waals surface area contributed by atoms with Gasteiger partial charge in [0.05, 0.1) is 0 Å². The molecular weight excluding hydrogens is 286 g/mol. The lowest BCUT2D eigenvalue weighted by Crippen LogP contribution is -2.37. The molecule has 0 radical (unpaired) electrons. The maximum absolute atomic E-state index is 4.57. The van der Waals surface area contributed by atoms with Crippen LogP contribution >= 0.6 is 0 Å². The van der Waals surface area contributed by atoms with E-state index in [1.807, 2.05) is 24.5 Å². The number of aliphatic imine (C=N–C) groups is 1. The number of nitrogens with one attached hydrogen (secondary N) is 2. The Labute approximate surface area is 138 Å². The largest absolute Gasteiger partial charge is 0.357 e. The van der Waals surface area contributed by atoms with Gasteiger partial charge >= 0.3 is 0 Å². The van der Waals surface area contributed by atoms with E-state index in [0.717, 1.165) is 31.3 Å². The van der Waals surface area contributed by atoms with Crippen molar-refractivity contribution in [2.45, 2.75) is 19.9 Å². The van der Waals surface area contributed by atoms with Crippen molar-refractivity contribution in [1.29, 1.82) is 0 Å². The summed E-state index contributed by atoms with van der Waals surface area (Å²) in [6, 6.07) is 10.4. The van der Waals surface area contributed by atoms with Gasteiger partial charge in [-0.25, -0.2) is 4.98 Å². The summed E-state index contributed by atoms with van der Waals surface area (Å²) in [6.07, 6.45) is 6.50. The van der Waals surface area contributed by atoms with E-state index in [0.29, 0.717) is 13.1 Å².